The molecule has 1 aromatic heterocycles. The van der Waals surface area contributed by atoms with Crippen LogP contribution in [0.4, 0.5) is 4.39 Å². The van der Waals surface area contributed by atoms with Gasteiger partial charge in [0, 0.05) is 12.1 Å². The molecule has 7 heteroatoms. The van der Waals surface area contributed by atoms with E-state index in [2.05, 4.69) is 0 Å². The van der Waals surface area contributed by atoms with E-state index in [1.807, 2.05) is 6.07 Å². The Kier molecular flexibility index (Phi) is 4.80. The van der Waals surface area contributed by atoms with Crippen molar-refractivity contribution in [3.05, 3.63) is 59.3 Å². The van der Waals surface area contributed by atoms with Crippen LogP contribution >= 0.6 is 0 Å². The summed E-state index contributed by atoms with van der Waals surface area (Å²) in [6, 6.07) is 8.16. The highest BCUT2D eigenvalue weighted by atomic mass is 19.1. The van der Waals surface area contributed by atoms with E-state index in [0.29, 0.717) is 19.4 Å². The molecule has 128 valence electrons. The van der Waals surface area contributed by atoms with Crippen LogP contribution in [0.5, 0.6) is 0 Å². The minimum atomic E-state index is -0.722. The number of benzene rings is 1. The summed E-state index contributed by atoms with van der Waals surface area (Å²) >= 11 is 0. The summed E-state index contributed by atoms with van der Waals surface area (Å²) in [5.41, 5.74) is 0.400. The van der Waals surface area contributed by atoms with Gasteiger partial charge in [-0.25, -0.2) is 9.18 Å². The van der Waals surface area contributed by atoms with Crippen molar-refractivity contribution in [2.45, 2.75) is 25.5 Å². The number of furan rings is 1. The van der Waals surface area contributed by atoms with Crippen LogP contribution in [0, 0.1) is 17.1 Å². The van der Waals surface area contributed by atoms with Crippen LogP contribution in [0.3, 0.4) is 0 Å². The van der Waals surface area contributed by atoms with Gasteiger partial charge in [-0.15, -0.1) is 0 Å². The smallest absolute Gasteiger partial charge is 0.329 e. The van der Waals surface area contributed by atoms with E-state index in [1.165, 1.54) is 29.4 Å². The number of rotatable bonds is 4. The lowest BCUT2D eigenvalue weighted by molar-refractivity contribution is -0.149. The highest BCUT2D eigenvalue weighted by Crippen LogP contribution is 2.22. The molecule has 1 aliphatic heterocycles. The fraction of sp³-hybridized carbons (Fsp3) is 0.278. The van der Waals surface area contributed by atoms with E-state index in [4.69, 9.17) is 14.4 Å². The molecule has 0 spiro atoms. The van der Waals surface area contributed by atoms with Gasteiger partial charge < -0.3 is 14.1 Å². The van der Waals surface area contributed by atoms with Crippen LogP contribution in [0.15, 0.2) is 41.0 Å². The van der Waals surface area contributed by atoms with Crippen LogP contribution in [-0.4, -0.2) is 29.4 Å². The molecule has 1 saturated heterocycles. The van der Waals surface area contributed by atoms with Crippen molar-refractivity contribution in [3.63, 3.8) is 0 Å². The van der Waals surface area contributed by atoms with Gasteiger partial charge in [-0.1, -0.05) is 0 Å². The lowest BCUT2D eigenvalue weighted by Crippen LogP contribution is -2.41. The van der Waals surface area contributed by atoms with Gasteiger partial charge >= 0.3 is 5.97 Å². The van der Waals surface area contributed by atoms with Crippen molar-refractivity contribution in [3.8, 4) is 6.07 Å². The number of carbonyl (C=O) groups is 2. The average molecular weight is 342 g/mol. The normalized spacial score (nSPS) is 16.5. The first-order valence-electron chi connectivity index (χ1n) is 7.80. The molecule has 1 aliphatic rings. The Labute approximate surface area is 143 Å². The number of likely N-dealkylation sites (tertiary alicyclic amines) is 1. The summed E-state index contributed by atoms with van der Waals surface area (Å²) in [6.07, 6.45) is 2.54. The Morgan fingerprint density at radius 1 is 1.40 bits per heavy atom. The van der Waals surface area contributed by atoms with Crippen LogP contribution < -0.4 is 0 Å². The summed E-state index contributed by atoms with van der Waals surface area (Å²) in [5, 5.41) is 8.86. The predicted octanol–water partition coefficient (Wildman–Crippen LogP) is 2.64. The van der Waals surface area contributed by atoms with Gasteiger partial charge in [0.05, 0.1) is 17.9 Å². The number of ether oxygens (including phenoxy) is 1. The number of halogens is 1. The van der Waals surface area contributed by atoms with Crippen molar-refractivity contribution >= 4 is 11.9 Å². The minimum Gasteiger partial charge on any atom is -0.459 e. The van der Waals surface area contributed by atoms with E-state index in [1.54, 1.807) is 6.07 Å². The first kappa shape index (κ1) is 16.7. The Morgan fingerprint density at radius 2 is 2.24 bits per heavy atom. The largest absolute Gasteiger partial charge is 0.459 e. The number of amides is 1. The standard InChI is InChI=1S/C18H15FN2O4/c19-14-6-5-12(10-20)9-13(14)11-25-18(23)15-3-1-7-21(15)17(22)16-4-2-8-24-16/h2,4-6,8-9,15H,1,3,7,11H2/t15-/m0/s1. The summed E-state index contributed by atoms with van der Waals surface area (Å²) in [7, 11) is 0. The maximum atomic E-state index is 13.7. The lowest BCUT2D eigenvalue weighted by atomic mass is 10.1. The fourth-order valence-electron chi connectivity index (χ4n) is 2.80. The van der Waals surface area contributed by atoms with Crippen molar-refractivity contribution in [2.75, 3.05) is 6.54 Å². The molecular formula is C18H15FN2O4. The minimum absolute atomic E-state index is 0.120. The van der Waals surface area contributed by atoms with Gasteiger partial charge in [-0.2, -0.15) is 5.26 Å². The second kappa shape index (κ2) is 7.18. The predicted molar refractivity (Wildman–Crippen MR) is 83.7 cm³/mol. The van der Waals surface area contributed by atoms with Crippen LogP contribution in [0.1, 0.15) is 34.5 Å². The molecule has 2 aromatic rings. The molecule has 1 amide bonds. The van der Waals surface area contributed by atoms with Crippen LogP contribution in [0.2, 0.25) is 0 Å². The van der Waals surface area contributed by atoms with Gasteiger partial charge in [0.15, 0.2) is 5.76 Å². The fourth-order valence-corrected chi connectivity index (χ4v) is 2.80. The van der Waals surface area contributed by atoms with E-state index >= 15 is 0 Å². The van der Waals surface area contributed by atoms with Gasteiger partial charge in [0.1, 0.15) is 18.5 Å². The zero-order valence-corrected chi connectivity index (χ0v) is 13.3. The highest BCUT2D eigenvalue weighted by Gasteiger charge is 2.36. The summed E-state index contributed by atoms with van der Waals surface area (Å²) in [6.45, 7) is 0.136. The third-order valence-electron chi connectivity index (χ3n) is 4.06. The van der Waals surface area contributed by atoms with Crippen molar-refractivity contribution in [1.29, 1.82) is 5.26 Å². The van der Waals surface area contributed by atoms with E-state index < -0.39 is 17.8 Å². The zero-order valence-electron chi connectivity index (χ0n) is 13.3. The number of hydrogen-bond acceptors (Lipinski definition) is 5. The Hall–Kier alpha value is -3.14. The average Bonchev–Trinajstić information content (AvgIpc) is 3.31. The van der Waals surface area contributed by atoms with Gasteiger partial charge in [-0.3, -0.25) is 4.79 Å². The van der Waals surface area contributed by atoms with Crippen LogP contribution in [0.25, 0.3) is 0 Å². The molecule has 0 radical (unpaired) electrons. The van der Waals surface area contributed by atoms with Gasteiger partial charge in [0.2, 0.25) is 0 Å². The third kappa shape index (κ3) is 3.53. The molecule has 3 rings (SSSR count). The Morgan fingerprint density at radius 3 is 2.96 bits per heavy atom. The maximum absolute atomic E-state index is 13.7. The number of esters is 1. The Bertz CT molecular complexity index is 826. The van der Waals surface area contributed by atoms with E-state index in [9.17, 15) is 14.0 Å². The van der Waals surface area contributed by atoms with E-state index in [0.717, 1.165) is 6.07 Å². The SMILES string of the molecule is N#Cc1ccc(F)c(COC(=O)[C@@H]2CCCN2C(=O)c2ccco2)c1. The molecule has 6 nitrogen and oxygen atoms in total. The molecule has 0 N–H and O–H groups in total. The molecule has 2 heterocycles. The monoisotopic (exact) mass is 342 g/mol. The highest BCUT2D eigenvalue weighted by molar-refractivity contribution is 5.94. The topological polar surface area (TPSA) is 83.5 Å². The molecule has 0 aliphatic carbocycles. The second-order valence-electron chi connectivity index (χ2n) is 5.66. The molecule has 1 aromatic carbocycles. The second-order valence-corrected chi connectivity index (χ2v) is 5.66. The van der Waals surface area contributed by atoms with Crippen LogP contribution in [-0.2, 0) is 16.1 Å². The molecule has 1 fully saturated rings. The third-order valence-corrected chi connectivity index (χ3v) is 4.06. The number of nitriles is 1. The zero-order chi connectivity index (χ0) is 17.8. The van der Waals surface area contributed by atoms with Crippen molar-refractivity contribution in [2.24, 2.45) is 0 Å². The summed E-state index contributed by atoms with van der Waals surface area (Å²) < 4.78 is 24.0. The molecule has 0 unspecified atom stereocenters. The maximum Gasteiger partial charge on any atom is 0.329 e. The number of nitrogens with zero attached hydrogens (tertiary/aromatic N) is 2. The molecule has 0 bridgehead atoms. The van der Waals surface area contributed by atoms with Crippen molar-refractivity contribution in [1.82, 2.24) is 4.90 Å². The summed E-state index contributed by atoms with van der Waals surface area (Å²) in [5.74, 6) is -1.37. The molecule has 25 heavy (non-hydrogen) atoms. The van der Waals surface area contributed by atoms with E-state index in [-0.39, 0.29) is 29.4 Å². The van der Waals surface area contributed by atoms with Gasteiger partial charge in [-0.05, 0) is 43.2 Å². The van der Waals surface area contributed by atoms with Crippen molar-refractivity contribution < 1.29 is 23.1 Å². The lowest BCUT2D eigenvalue weighted by Gasteiger charge is -2.22. The molecule has 0 saturated carbocycles. The first-order chi connectivity index (χ1) is 12.1. The molecular weight excluding hydrogens is 327 g/mol. The quantitative estimate of drug-likeness (QED) is 0.798. The Balaban J connectivity index is 1.66. The number of carbonyl (C=O) groups excluding carboxylic acids is 2. The first-order valence-corrected chi connectivity index (χ1v) is 7.80. The summed E-state index contributed by atoms with van der Waals surface area (Å²) in [4.78, 5) is 26.1. The van der Waals surface area contributed by atoms with Gasteiger partial charge in [0.25, 0.3) is 5.91 Å². The number of hydrogen-bond donors (Lipinski definition) is 0. The molecule has 1 atom stereocenters.